The molecule has 1 amide bonds. The van der Waals surface area contributed by atoms with Gasteiger partial charge in [-0.1, -0.05) is 30.3 Å². The molecule has 1 N–H and O–H groups in total. The largest absolute Gasteiger partial charge is 0.497 e. The molecule has 3 aromatic rings. The molecule has 0 radical (unpaired) electrons. The van der Waals surface area contributed by atoms with Gasteiger partial charge in [0.25, 0.3) is 5.91 Å². The van der Waals surface area contributed by atoms with Gasteiger partial charge in [-0.2, -0.15) is 0 Å². The molecular formula is C26H23FN4O3. The third-order valence-electron chi connectivity index (χ3n) is 5.97. The molecule has 1 atom stereocenters. The molecule has 0 spiro atoms. The molecule has 5 rings (SSSR count). The standard InChI is InChI=1S/C26H23FN4O3/c1-34-20-11-9-19(10-12-20)30-25(33)22-8-3-2-7-21(22)23(31(30)26-28-13-14-29-26)16-24(32)17-5-4-6-18(27)15-17/h2-12,15,23H,13-14,16H2,1H3,(H,28,29). The average molecular weight is 458 g/mol. The van der Waals surface area contributed by atoms with Crippen LogP contribution in [0.15, 0.2) is 77.8 Å². The Morgan fingerprint density at radius 2 is 1.91 bits per heavy atom. The molecule has 172 valence electrons. The van der Waals surface area contributed by atoms with Crippen molar-refractivity contribution in [2.24, 2.45) is 4.99 Å². The number of ether oxygens (including phenoxy) is 1. The number of fused-ring (bicyclic) bond motifs is 1. The predicted octanol–water partition coefficient (Wildman–Crippen LogP) is 3.99. The molecule has 7 nitrogen and oxygen atoms in total. The summed E-state index contributed by atoms with van der Waals surface area (Å²) < 4.78 is 19.1. The summed E-state index contributed by atoms with van der Waals surface area (Å²) in [6.45, 7) is 1.19. The van der Waals surface area contributed by atoms with Gasteiger partial charge in [0.15, 0.2) is 5.78 Å². The number of ketones is 1. The van der Waals surface area contributed by atoms with Crippen molar-refractivity contribution in [2.75, 3.05) is 25.2 Å². The zero-order valence-electron chi connectivity index (χ0n) is 18.6. The summed E-state index contributed by atoms with van der Waals surface area (Å²) in [6, 6.07) is 19.5. The number of guanidine groups is 1. The number of benzene rings is 3. The van der Waals surface area contributed by atoms with Crippen LogP contribution in [0, 0.1) is 5.82 Å². The number of halogens is 1. The molecule has 2 heterocycles. The van der Waals surface area contributed by atoms with Crippen LogP contribution in [-0.2, 0) is 0 Å². The van der Waals surface area contributed by atoms with E-state index in [2.05, 4.69) is 10.3 Å². The van der Waals surface area contributed by atoms with Crippen molar-refractivity contribution in [2.45, 2.75) is 12.5 Å². The van der Waals surface area contributed by atoms with E-state index in [1.54, 1.807) is 59.6 Å². The molecule has 34 heavy (non-hydrogen) atoms. The molecule has 2 aliphatic rings. The van der Waals surface area contributed by atoms with Crippen LogP contribution in [0.5, 0.6) is 5.75 Å². The van der Waals surface area contributed by atoms with Crippen LogP contribution in [0.2, 0.25) is 0 Å². The lowest BCUT2D eigenvalue weighted by Gasteiger charge is -2.45. The zero-order valence-corrected chi connectivity index (χ0v) is 18.6. The Hall–Kier alpha value is -4.20. The molecule has 0 fully saturated rings. The van der Waals surface area contributed by atoms with Crippen LogP contribution in [0.4, 0.5) is 10.1 Å². The van der Waals surface area contributed by atoms with Gasteiger partial charge in [-0.25, -0.2) is 19.4 Å². The molecule has 2 aliphatic heterocycles. The normalized spacial score (nSPS) is 17.2. The number of aliphatic imine (C=N–C) groups is 1. The predicted molar refractivity (Wildman–Crippen MR) is 126 cm³/mol. The number of hydrogen-bond donors (Lipinski definition) is 1. The maximum atomic E-state index is 13.8. The highest BCUT2D eigenvalue weighted by Crippen LogP contribution is 2.38. The van der Waals surface area contributed by atoms with Gasteiger partial charge in [0.1, 0.15) is 11.6 Å². The van der Waals surface area contributed by atoms with Crippen LogP contribution >= 0.6 is 0 Å². The van der Waals surface area contributed by atoms with E-state index in [0.717, 1.165) is 5.56 Å². The first-order chi connectivity index (χ1) is 16.6. The van der Waals surface area contributed by atoms with Crippen LogP contribution < -0.4 is 15.1 Å². The Balaban J connectivity index is 1.62. The maximum Gasteiger partial charge on any atom is 0.277 e. The lowest BCUT2D eigenvalue weighted by molar-refractivity contribution is 0.0837. The van der Waals surface area contributed by atoms with E-state index >= 15 is 0 Å². The number of carbonyl (C=O) groups excluding carboxylic acids is 2. The smallest absolute Gasteiger partial charge is 0.277 e. The van der Waals surface area contributed by atoms with Crippen LogP contribution in [-0.4, -0.2) is 42.9 Å². The number of Topliss-reactive ketones (excluding diaryl/α,β-unsaturated/α-hetero) is 1. The van der Waals surface area contributed by atoms with Gasteiger partial charge in [0.05, 0.1) is 25.4 Å². The number of hydrogen-bond acceptors (Lipinski definition) is 6. The van der Waals surface area contributed by atoms with Crippen molar-refractivity contribution < 1.29 is 18.7 Å². The van der Waals surface area contributed by atoms with E-state index in [-0.39, 0.29) is 23.7 Å². The second-order valence-electron chi connectivity index (χ2n) is 8.03. The van der Waals surface area contributed by atoms with Gasteiger partial charge in [-0.3, -0.25) is 9.59 Å². The van der Waals surface area contributed by atoms with E-state index in [0.29, 0.717) is 36.0 Å². The first-order valence-electron chi connectivity index (χ1n) is 11.0. The Bertz CT molecular complexity index is 1280. The highest BCUT2D eigenvalue weighted by atomic mass is 19.1. The molecular weight excluding hydrogens is 435 g/mol. The van der Waals surface area contributed by atoms with Crippen LogP contribution in [0.25, 0.3) is 0 Å². The Morgan fingerprint density at radius 3 is 2.62 bits per heavy atom. The van der Waals surface area contributed by atoms with Crippen molar-refractivity contribution in [3.05, 3.63) is 95.3 Å². The maximum absolute atomic E-state index is 13.8. The average Bonchev–Trinajstić information content (AvgIpc) is 3.40. The summed E-state index contributed by atoms with van der Waals surface area (Å²) in [6.07, 6.45) is 0.0289. The molecule has 0 aromatic heterocycles. The van der Waals surface area contributed by atoms with Gasteiger partial charge in [0, 0.05) is 24.1 Å². The fourth-order valence-electron chi connectivity index (χ4n) is 4.36. The summed E-state index contributed by atoms with van der Waals surface area (Å²) in [4.78, 5) is 31.6. The van der Waals surface area contributed by atoms with Gasteiger partial charge in [0.2, 0.25) is 5.96 Å². The highest BCUT2D eigenvalue weighted by molar-refractivity contribution is 6.10. The molecule has 0 saturated heterocycles. The van der Waals surface area contributed by atoms with E-state index in [1.807, 2.05) is 12.1 Å². The topological polar surface area (TPSA) is 74.2 Å². The number of carbonyl (C=O) groups is 2. The number of hydrazine groups is 1. The minimum Gasteiger partial charge on any atom is -0.497 e. The number of methoxy groups -OCH3 is 1. The van der Waals surface area contributed by atoms with E-state index in [1.165, 1.54) is 18.2 Å². The SMILES string of the molecule is COc1ccc(N2C(=O)c3ccccc3C(CC(=O)c3cccc(F)c3)N2C2=NCCN2)cc1. The molecule has 3 aromatic carbocycles. The fraction of sp³-hybridized carbons (Fsp3) is 0.192. The van der Waals surface area contributed by atoms with Crippen molar-refractivity contribution in [1.82, 2.24) is 10.3 Å². The second kappa shape index (κ2) is 8.97. The van der Waals surface area contributed by atoms with Crippen molar-refractivity contribution in [3.8, 4) is 5.75 Å². The number of nitrogens with zero attached hydrogens (tertiary/aromatic N) is 3. The van der Waals surface area contributed by atoms with Crippen LogP contribution in [0.3, 0.4) is 0 Å². The minimum atomic E-state index is -0.531. The molecule has 0 bridgehead atoms. The van der Waals surface area contributed by atoms with Crippen molar-refractivity contribution >= 4 is 23.3 Å². The van der Waals surface area contributed by atoms with Gasteiger partial charge in [-0.15, -0.1) is 0 Å². The Morgan fingerprint density at radius 1 is 1.12 bits per heavy atom. The summed E-state index contributed by atoms with van der Waals surface area (Å²) in [5.41, 5.74) is 2.12. The van der Waals surface area contributed by atoms with Gasteiger partial charge >= 0.3 is 0 Å². The first kappa shape index (κ1) is 21.6. The van der Waals surface area contributed by atoms with E-state index in [9.17, 15) is 14.0 Å². The number of nitrogens with one attached hydrogen (secondary N) is 1. The summed E-state index contributed by atoms with van der Waals surface area (Å²) in [5.74, 6) is 0.243. The molecule has 0 saturated carbocycles. The summed E-state index contributed by atoms with van der Waals surface area (Å²) >= 11 is 0. The minimum absolute atomic E-state index is 0.0289. The zero-order chi connectivity index (χ0) is 23.7. The summed E-state index contributed by atoms with van der Waals surface area (Å²) in [5, 5.41) is 6.53. The van der Waals surface area contributed by atoms with E-state index < -0.39 is 11.9 Å². The van der Waals surface area contributed by atoms with Crippen molar-refractivity contribution in [3.63, 3.8) is 0 Å². The van der Waals surface area contributed by atoms with Crippen molar-refractivity contribution in [1.29, 1.82) is 0 Å². The van der Waals surface area contributed by atoms with Crippen LogP contribution in [0.1, 0.15) is 38.7 Å². The number of rotatable bonds is 5. The lowest BCUT2D eigenvalue weighted by Crippen LogP contribution is -2.58. The fourth-order valence-corrected chi connectivity index (χ4v) is 4.36. The Kier molecular flexibility index (Phi) is 5.71. The highest BCUT2D eigenvalue weighted by Gasteiger charge is 2.42. The monoisotopic (exact) mass is 458 g/mol. The number of amides is 1. The third kappa shape index (κ3) is 3.87. The summed E-state index contributed by atoms with van der Waals surface area (Å²) in [7, 11) is 1.58. The lowest BCUT2D eigenvalue weighted by atomic mass is 9.91. The third-order valence-corrected chi connectivity index (χ3v) is 5.97. The molecule has 8 heteroatoms. The molecule has 0 aliphatic carbocycles. The first-order valence-corrected chi connectivity index (χ1v) is 11.0. The second-order valence-corrected chi connectivity index (χ2v) is 8.03. The number of anilines is 1. The van der Waals surface area contributed by atoms with Gasteiger partial charge in [-0.05, 0) is 48.0 Å². The Labute approximate surface area is 196 Å². The quantitative estimate of drug-likeness (QED) is 0.586. The molecule has 1 unspecified atom stereocenters. The van der Waals surface area contributed by atoms with E-state index in [4.69, 9.17) is 4.74 Å². The van der Waals surface area contributed by atoms with Gasteiger partial charge < -0.3 is 10.1 Å².